The Hall–Kier alpha value is -1.92. The fourth-order valence-electron chi connectivity index (χ4n) is 2.25. The standard InChI is InChI=1S/C15H15FN2O2S/c16-12-10-11(17-15(19)14-2-1-9-21-14)3-4-13(12)18-5-7-20-8-6-18/h1-4,9-10H,5-8H2,(H,17,19). The molecular formula is C15H15FN2O2S. The van der Waals surface area contributed by atoms with Gasteiger partial charge in [0.2, 0.25) is 0 Å². The van der Waals surface area contributed by atoms with E-state index < -0.39 is 0 Å². The fraction of sp³-hybridized carbons (Fsp3) is 0.267. The highest BCUT2D eigenvalue weighted by Crippen LogP contribution is 2.24. The first kappa shape index (κ1) is 14.0. The van der Waals surface area contributed by atoms with Crippen molar-refractivity contribution >= 4 is 28.6 Å². The molecule has 0 unspecified atom stereocenters. The van der Waals surface area contributed by atoms with Gasteiger partial charge in [0, 0.05) is 18.8 Å². The number of carbonyl (C=O) groups excluding carboxylic acids is 1. The number of ether oxygens (including phenoxy) is 1. The summed E-state index contributed by atoms with van der Waals surface area (Å²) in [6.45, 7) is 2.57. The van der Waals surface area contributed by atoms with Crippen LogP contribution in [0.25, 0.3) is 0 Å². The largest absolute Gasteiger partial charge is 0.378 e. The van der Waals surface area contributed by atoms with E-state index in [1.54, 1.807) is 18.2 Å². The summed E-state index contributed by atoms with van der Waals surface area (Å²) >= 11 is 1.35. The molecule has 1 aromatic carbocycles. The van der Waals surface area contributed by atoms with E-state index in [9.17, 15) is 9.18 Å². The average Bonchev–Trinajstić information content (AvgIpc) is 3.02. The van der Waals surface area contributed by atoms with Gasteiger partial charge in [-0.1, -0.05) is 6.07 Å². The van der Waals surface area contributed by atoms with Crippen molar-refractivity contribution in [1.82, 2.24) is 0 Å². The number of benzene rings is 1. The first-order chi connectivity index (χ1) is 10.2. The average molecular weight is 306 g/mol. The Morgan fingerprint density at radius 1 is 1.29 bits per heavy atom. The topological polar surface area (TPSA) is 41.6 Å². The Balaban J connectivity index is 1.73. The van der Waals surface area contributed by atoms with Crippen LogP contribution in [-0.4, -0.2) is 32.2 Å². The minimum absolute atomic E-state index is 0.219. The van der Waals surface area contributed by atoms with Crippen molar-refractivity contribution in [1.29, 1.82) is 0 Å². The summed E-state index contributed by atoms with van der Waals surface area (Å²) in [5, 5.41) is 4.53. The Kier molecular flexibility index (Phi) is 4.17. The fourth-order valence-corrected chi connectivity index (χ4v) is 2.86. The van der Waals surface area contributed by atoms with Crippen molar-refractivity contribution in [2.75, 3.05) is 36.5 Å². The van der Waals surface area contributed by atoms with Crippen LogP contribution in [0.4, 0.5) is 15.8 Å². The van der Waals surface area contributed by atoms with Crippen LogP contribution in [0.5, 0.6) is 0 Å². The second kappa shape index (κ2) is 6.24. The molecule has 1 aliphatic rings. The maximum atomic E-state index is 14.2. The highest BCUT2D eigenvalue weighted by Gasteiger charge is 2.16. The molecule has 2 aromatic rings. The molecule has 21 heavy (non-hydrogen) atoms. The molecule has 1 aromatic heterocycles. The number of amides is 1. The predicted molar refractivity (Wildman–Crippen MR) is 81.7 cm³/mol. The van der Waals surface area contributed by atoms with Crippen LogP contribution < -0.4 is 10.2 Å². The number of hydrogen-bond acceptors (Lipinski definition) is 4. The van der Waals surface area contributed by atoms with Crippen molar-refractivity contribution in [3.8, 4) is 0 Å². The summed E-state index contributed by atoms with van der Waals surface area (Å²) in [7, 11) is 0. The van der Waals surface area contributed by atoms with Crippen LogP contribution in [-0.2, 0) is 4.74 Å². The molecule has 1 N–H and O–H groups in total. The zero-order valence-electron chi connectivity index (χ0n) is 11.3. The van der Waals surface area contributed by atoms with Gasteiger partial charge >= 0.3 is 0 Å². The number of nitrogens with zero attached hydrogens (tertiary/aromatic N) is 1. The lowest BCUT2D eigenvalue weighted by atomic mass is 10.2. The van der Waals surface area contributed by atoms with Crippen molar-refractivity contribution in [3.63, 3.8) is 0 Å². The minimum atomic E-state index is -0.333. The molecule has 0 bridgehead atoms. The maximum Gasteiger partial charge on any atom is 0.265 e. The molecule has 0 saturated carbocycles. The summed E-state index contributed by atoms with van der Waals surface area (Å²) < 4.78 is 19.5. The molecule has 3 rings (SSSR count). The van der Waals surface area contributed by atoms with Crippen LogP contribution in [0.1, 0.15) is 9.67 Å². The number of thiophene rings is 1. The van der Waals surface area contributed by atoms with Crippen molar-refractivity contribution in [3.05, 3.63) is 46.4 Å². The Morgan fingerprint density at radius 2 is 2.10 bits per heavy atom. The van der Waals surface area contributed by atoms with Crippen LogP contribution in [0.3, 0.4) is 0 Å². The van der Waals surface area contributed by atoms with Crippen LogP contribution in [0.15, 0.2) is 35.7 Å². The smallest absolute Gasteiger partial charge is 0.265 e. The van der Waals surface area contributed by atoms with Crippen LogP contribution >= 0.6 is 11.3 Å². The van der Waals surface area contributed by atoms with E-state index in [2.05, 4.69) is 5.32 Å². The van der Waals surface area contributed by atoms with Gasteiger partial charge in [-0.3, -0.25) is 4.79 Å². The maximum absolute atomic E-state index is 14.2. The van der Waals surface area contributed by atoms with Gasteiger partial charge in [0.05, 0.1) is 23.8 Å². The molecule has 4 nitrogen and oxygen atoms in total. The lowest BCUT2D eigenvalue weighted by molar-refractivity contribution is 0.103. The Labute approximate surface area is 126 Å². The van der Waals surface area contributed by atoms with Gasteiger partial charge in [-0.05, 0) is 29.6 Å². The van der Waals surface area contributed by atoms with Crippen LogP contribution in [0.2, 0.25) is 0 Å². The van der Waals surface area contributed by atoms with E-state index in [-0.39, 0.29) is 11.7 Å². The molecule has 1 fully saturated rings. The third-order valence-electron chi connectivity index (χ3n) is 3.30. The quantitative estimate of drug-likeness (QED) is 0.948. The van der Waals surface area contributed by atoms with Gasteiger partial charge in [0.15, 0.2) is 0 Å². The third-order valence-corrected chi connectivity index (χ3v) is 4.17. The Bertz CT molecular complexity index is 625. The number of nitrogens with one attached hydrogen (secondary N) is 1. The first-order valence-corrected chi connectivity index (χ1v) is 7.59. The summed E-state index contributed by atoms with van der Waals surface area (Å²) in [4.78, 5) is 14.5. The van der Waals surface area contributed by atoms with E-state index in [0.717, 1.165) is 0 Å². The lowest BCUT2D eigenvalue weighted by Gasteiger charge is -2.29. The van der Waals surface area contributed by atoms with Gasteiger partial charge in [0.1, 0.15) is 5.82 Å². The number of carbonyl (C=O) groups is 1. The molecule has 1 amide bonds. The molecule has 1 aliphatic heterocycles. The Morgan fingerprint density at radius 3 is 2.76 bits per heavy atom. The molecule has 6 heteroatoms. The van der Waals surface area contributed by atoms with Crippen LogP contribution in [0, 0.1) is 5.82 Å². The van der Waals surface area contributed by atoms with Gasteiger partial charge in [0.25, 0.3) is 5.91 Å². The summed E-state index contributed by atoms with van der Waals surface area (Å²) in [5.41, 5.74) is 1.01. The zero-order chi connectivity index (χ0) is 14.7. The highest BCUT2D eigenvalue weighted by molar-refractivity contribution is 7.12. The van der Waals surface area contributed by atoms with Crippen molar-refractivity contribution < 1.29 is 13.9 Å². The van der Waals surface area contributed by atoms with Gasteiger partial charge < -0.3 is 15.0 Å². The number of morpholine rings is 1. The van der Waals surface area contributed by atoms with Gasteiger partial charge in [-0.2, -0.15) is 0 Å². The zero-order valence-corrected chi connectivity index (χ0v) is 12.2. The minimum Gasteiger partial charge on any atom is -0.378 e. The molecule has 0 atom stereocenters. The molecule has 110 valence electrons. The normalized spacial score (nSPS) is 15.0. The summed E-state index contributed by atoms with van der Waals surface area (Å²) in [5.74, 6) is -0.551. The van der Waals surface area contributed by atoms with E-state index >= 15 is 0 Å². The first-order valence-electron chi connectivity index (χ1n) is 6.71. The number of hydrogen-bond donors (Lipinski definition) is 1. The van der Waals surface area contributed by atoms with E-state index in [0.29, 0.717) is 42.6 Å². The third kappa shape index (κ3) is 3.22. The molecular weight excluding hydrogens is 291 g/mol. The lowest BCUT2D eigenvalue weighted by Crippen LogP contribution is -2.36. The second-order valence-corrected chi connectivity index (χ2v) is 5.64. The number of rotatable bonds is 3. The number of anilines is 2. The van der Waals surface area contributed by atoms with E-state index in [1.807, 2.05) is 16.3 Å². The monoisotopic (exact) mass is 306 g/mol. The predicted octanol–water partition coefficient (Wildman–Crippen LogP) is 2.98. The van der Waals surface area contributed by atoms with E-state index in [4.69, 9.17) is 4.74 Å². The highest BCUT2D eigenvalue weighted by atomic mass is 32.1. The van der Waals surface area contributed by atoms with Crippen molar-refractivity contribution in [2.24, 2.45) is 0 Å². The van der Waals surface area contributed by atoms with E-state index in [1.165, 1.54) is 17.4 Å². The molecule has 0 spiro atoms. The molecule has 1 saturated heterocycles. The number of halogens is 1. The van der Waals surface area contributed by atoms with Gasteiger partial charge in [-0.25, -0.2) is 4.39 Å². The van der Waals surface area contributed by atoms with Gasteiger partial charge in [-0.15, -0.1) is 11.3 Å². The molecule has 0 aliphatic carbocycles. The molecule has 2 heterocycles. The summed E-state index contributed by atoms with van der Waals surface area (Å²) in [6.07, 6.45) is 0. The second-order valence-electron chi connectivity index (χ2n) is 4.70. The summed E-state index contributed by atoms with van der Waals surface area (Å²) in [6, 6.07) is 8.32. The molecule has 0 radical (unpaired) electrons. The SMILES string of the molecule is O=C(Nc1ccc(N2CCOCC2)c(F)c1)c1cccs1. The van der Waals surface area contributed by atoms with Crippen molar-refractivity contribution in [2.45, 2.75) is 0 Å².